The first-order chi connectivity index (χ1) is 20.8. The van der Waals surface area contributed by atoms with Gasteiger partial charge in [0.15, 0.2) is 5.84 Å². The molecular formula is C36H28N4OS. The van der Waals surface area contributed by atoms with Crippen molar-refractivity contribution in [3.05, 3.63) is 144 Å². The number of nitrogens with zero attached hydrogens (tertiary/aromatic N) is 3. The number of hydrogen-bond donors (Lipinski definition) is 1. The van der Waals surface area contributed by atoms with Crippen LogP contribution in [0, 0.1) is 11.8 Å². The molecule has 1 N–H and O–H groups in total. The van der Waals surface area contributed by atoms with Crippen LogP contribution in [-0.4, -0.2) is 28.0 Å². The largest absolute Gasteiger partial charge is 0.456 e. The molecule has 0 bridgehead atoms. The van der Waals surface area contributed by atoms with Crippen molar-refractivity contribution in [1.29, 1.82) is 0 Å². The molecule has 0 spiro atoms. The van der Waals surface area contributed by atoms with Crippen LogP contribution < -0.4 is 5.43 Å². The number of thioether (sulfide) groups is 1. The summed E-state index contributed by atoms with van der Waals surface area (Å²) < 4.78 is 6.24. The van der Waals surface area contributed by atoms with Gasteiger partial charge in [0.05, 0.1) is 11.8 Å². The van der Waals surface area contributed by atoms with Gasteiger partial charge in [0, 0.05) is 45.7 Å². The van der Waals surface area contributed by atoms with Gasteiger partial charge in [0.1, 0.15) is 21.6 Å². The lowest BCUT2D eigenvalue weighted by atomic mass is 9.79. The molecule has 6 heteroatoms. The minimum atomic E-state index is 0.00972. The van der Waals surface area contributed by atoms with E-state index in [1.54, 1.807) is 11.8 Å². The van der Waals surface area contributed by atoms with E-state index in [2.05, 4.69) is 103 Å². The SMILES string of the molecule is C1=CC(C2CC(c3cccc4oc5ccccc5c34)=NC(c3ccccc3)=N2)C(C2NN=C(c3ccccc3)S2)C=C1. The van der Waals surface area contributed by atoms with E-state index in [1.165, 1.54) is 0 Å². The third-order valence-electron chi connectivity index (χ3n) is 8.25. The van der Waals surface area contributed by atoms with Gasteiger partial charge in [-0.15, -0.1) is 0 Å². The van der Waals surface area contributed by atoms with Crippen molar-refractivity contribution in [2.75, 3.05) is 0 Å². The first kappa shape index (κ1) is 25.1. The van der Waals surface area contributed by atoms with E-state index in [9.17, 15) is 0 Å². The van der Waals surface area contributed by atoms with Gasteiger partial charge in [0.2, 0.25) is 0 Å². The fourth-order valence-corrected chi connectivity index (χ4v) is 7.39. The lowest BCUT2D eigenvalue weighted by Gasteiger charge is -2.34. The Bertz CT molecular complexity index is 1940. The van der Waals surface area contributed by atoms with Gasteiger partial charge >= 0.3 is 0 Å². The lowest BCUT2D eigenvalue weighted by Crippen LogP contribution is -2.38. The number of fused-ring (bicyclic) bond motifs is 3. The van der Waals surface area contributed by atoms with Gasteiger partial charge in [-0.3, -0.25) is 10.4 Å². The Kier molecular flexibility index (Phi) is 6.34. The number of amidine groups is 1. The monoisotopic (exact) mass is 564 g/mol. The summed E-state index contributed by atoms with van der Waals surface area (Å²) in [5.41, 5.74) is 9.54. The Morgan fingerprint density at radius 1 is 0.714 bits per heavy atom. The fourth-order valence-electron chi connectivity index (χ4n) is 6.24. The molecular weight excluding hydrogens is 536 g/mol. The number of hydrogen-bond acceptors (Lipinski definition) is 6. The molecule has 42 heavy (non-hydrogen) atoms. The number of rotatable bonds is 5. The highest BCUT2D eigenvalue weighted by Crippen LogP contribution is 2.39. The number of allylic oxidation sites excluding steroid dienone is 2. The Labute approximate surface area is 248 Å². The standard InChI is InChI=1S/C36H28N4OS/c1-3-12-23(13-4-1)34-37-29(22-30(38-34)27-19-11-21-32-33(27)28-18-9-10-20-31(28)41-32)25-16-7-8-17-26(25)36-40-39-35(42-36)24-14-5-2-6-15-24/h1-21,25-26,29,36,40H,22H2. The molecule has 5 aromatic rings. The molecule has 0 saturated heterocycles. The number of benzene rings is 4. The van der Waals surface area contributed by atoms with Gasteiger partial charge < -0.3 is 4.42 Å². The van der Waals surface area contributed by atoms with E-state index in [4.69, 9.17) is 19.5 Å². The van der Waals surface area contributed by atoms with Gasteiger partial charge in [-0.05, 0) is 12.1 Å². The third-order valence-corrected chi connectivity index (χ3v) is 9.47. The summed E-state index contributed by atoms with van der Waals surface area (Å²) >= 11 is 1.80. The highest BCUT2D eigenvalue weighted by molar-refractivity contribution is 8.15. The first-order valence-corrected chi connectivity index (χ1v) is 15.2. The molecule has 1 aromatic heterocycles. The maximum absolute atomic E-state index is 6.24. The average Bonchev–Trinajstić information content (AvgIpc) is 3.71. The van der Waals surface area contributed by atoms with Gasteiger partial charge in [-0.1, -0.05) is 127 Å². The van der Waals surface area contributed by atoms with E-state index in [-0.39, 0.29) is 23.3 Å². The fraction of sp³-hybridized carbons (Fsp3) is 0.139. The van der Waals surface area contributed by atoms with Crippen molar-refractivity contribution in [1.82, 2.24) is 5.43 Å². The first-order valence-electron chi connectivity index (χ1n) is 14.3. The third kappa shape index (κ3) is 4.48. The van der Waals surface area contributed by atoms with Crippen LogP contribution >= 0.6 is 11.8 Å². The molecule has 4 aromatic carbocycles. The molecule has 2 aliphatic heterocycles. The Morgan fingerprint density at radius 2 is 1.43 bits per heavy atom. The molecule has 0 saturated carbocycles. The van der Waals surface area contributed by atoms with Gasteiger partial charge in [0.25, 0.3) is 0 Å². The van der Waals surface area contributed by atoms with Crippen molar-refractivity contribution in [2.24, 2.45) is 26.9 Å². The summed E-state index contributed by atoms with van der Waals surface area (Å²) in [5, 5.41) is 8.10. The summed E-state index contributed by atoms with van der Waals surface area (Å²) in [6.45, 7) is 0. The van der Waals surface area contributed by atoms with Gasteiger partial charge in [-0.2, -0.15) is 5.10 Å². The molecule has 4 atom stereocenters. The van der Waals surface area contributed by atoms with E-state index in [0.717, 1.165) is 61.6 Å². The van der Waals surface area contributed by atoms with Crippen molar-refractivity contribution in [2.45, 2.75) is 17.8 Å². The molecule has 8 rings (SSSR count). The summed E-state index contributed by atoms with van der Waals surface area (Å²) in [6, 6.07) is 35.3. The highest BCUT2D eigenvalue weighted by Gasteiger charge is 2.38. The van der Waals surface area contributed by atoms with Crippen molar-refractivity contribution in [3.63, 3.8) is 0 Å². The average molecular weight is 565 g/mol. The molecule has 3 heterocycles. The zero-order valence-electron chi connectivity index (χ0n) is 22.8. The smallest absolute Gasteiger partial charge is 0.155 e. The van der Waals surface area contributed by atoms with Crippen LogP contribution in [0.15, 0.2) is 147 Å². The van der Waals surface area contributed by atoms with E-state index in [0.29, 0.717) is 0 Å². The predicted molar refractivity (Wildman–Crippen MR) is 174 cm³/mol. The topological polar surface area (TPSA) is 62.2 Å². The van der Waals surface area contributed by atoms with Crippen LogP contribution in [0.1, 0.15) is 23.1 Å². The van der Waals surface area contributed by atoms with Crippen LogP contribution in [0.5, 0.6) is 0 Å². The quantitative estimate of drug-likeness (QED) is 0.235. The Balaban J connectivity index is 1.18. The number of furan rings is 1. The summed E-state index contributed by atoms with van der Waals surface area (Å²) in [6.07, 6.45) is 9.68. The van der Waals surface area contributed by atoms with E-state index in [1.807, 2.05) is 30.3 Å². The predicted octanol–water partition coefficient (Wildman–Crippen LogP) is 7.98. The number of aliphatic imine (C=N–C) groups is 2. The minimum Gasteiger partial charge on any atom is -0.456 e. The zero-order valence-corrected chi connectivity index (χ0v) is 23.6. The molecule has 1 aliphatic carbocycles. The van der Waals surface area contributed by atoms with Crippen LogP contribution in [-0.2, 0) is 0 Å². The van der Waals surface area contributed by atoms with E-state index >= 15 is 0 Å². The molecule has 4 unspecified atom stereocenters. The molecule has 0 radical (unpaired) electrons. The van der Waals surface area contributed by atoms with Crippen LogP contribution in [0.4, 0.5) is 0 Å². The van der Waals surface area contributed by atoms with Gasteiger partial charge in [-0.25, -0.2) is 4.99 Å². The Hall–Kier alpha value is -4.68. The summed E-state index contributed by atoms with van der Waals surface area (Å²) in [5.74, 6) is 1.16. The van der Waals surface area contributed by atoms with Crippen molar-refractivity contribution >= 4 is 50.3 Å². The Morgan fingerprint density at radius 3 is 2.26 bits per heavy atom. The number of nitrogens with one attached hydrogen (secondary N) is 1. The second-order valence-corrected chi connectivity index (χ2v) is 11.9. The molecule has 5 nitrogen and oxygen atoms in total. The van der Waals surface area contributed by atoms with Crippen molar-refractivity contribution < 1.29 is 4.42 Å². The van der Waals surface area contributed by atoms with Crippen LogP contribution in [0.3, 0.4) is 0 Å². The summed E-state index contributed by atoms with van der Waals surface area (Å²) in [4.78, 5) is 10.5. The van der Waals surface area contributed by atoms with Crippen LogP contribution in [0.25, 0.3) is 21.9 Å². The second kappa shape index (κ2) is 10.6. The van der Waals surface area contributed by atoms with Crippen LogP contribution in [0.2, 0.25) is 0 Å². The zero-order chi connectivity index (χ0) is 27.9. The normalized spacial score (nSPS) is 23.5. The van der Waals surface area contributed by atoms with Crippen molar-refractivity contribution in [3.8, 4) is 0 Å². The maximum atomic E-state index is 6.24. The summed E-state index contributed by atoms with van der Waals surface area (Å²) in [7, 11) is 0. The lowest BCUT2D eigenvalue weighted by molar-refractivity contribution is 0.367. The maximum Gasteiger partial charge on any atom is 0.155 e. The number of para-hydroxylation sites is 1. The minimum absolute atomic E-state index is 0.00972. The number of hydrazone groups is 1. The highest BCUT2D eigenvalue weighted by atomic mass is 32.2. The molecule has 0 fully saturated rings. The van der Waals surface area contributed by atoms with E-state index < -0.39 is 0 Å². The second-order valence-electron chi connectivity index (χ2n) is 10.8. The molecule has 3 aliphatic rings. The molecule has 204 valence electrons. The molecule has 0 amide bonds.